The third-order valence-electron chi connectivity index (χ3n) is 3.48. The van der Waals surface area contributed by atoms with Gasteiger partial charge < -0.3 is 14.9 Å². The fourth-order valence-electron chi connectivity index (χ4n) is 2.14. The van der Waals surface area contributed by atoms with E-state index in [1.807, 2.05) is 13.0 Å². The van der Waals surface area contributed by atoms with Crippen molar-refractivity contribution < 1.29 is 25.0 Å². The minimum Gasteiger partial charge on any atom is -0.491 e. The summed E-state index contributed by atoms with van der Waals surface area (Å²) in [5.74, 6) is 0.0640. The van der Waals surface area contributed by atoms with Crippen molar-refractivity contribution in [2.24, 2.45) is 5.92 Å². The Labute approximate surface area is 142 Å². The van der Waals surface area contributed by atoms with Crippen LogP contribution in [-0.4, -0.2) is 34.5 Å². The summed E-state index contributed by atoms with van der Waals surface area (Å²) >= 11 is 0. The Morgan fingerprint density at radius 2 is 2.00 bits per heavy atom. The molecule has 24 heavy (non-hydrogen) atoms. The lowest BCUT2D eigenvalue weighted by Crippen LogP contribution is -2.15. The van der Waals surface area contributed by atoms with Gasteiger partial charge in [0.15, 0.2) is 0 Å². The molecule has 0 aliphatic rings. The van der Waals surface area contributed by atoms with Crippen molar-refractivity contribution in [2.75, 3.05) is 13.2 Å². The standard InChI is InChI=1S/C18H25NO5/c1-13(12-17(21)19-23)4-3-5-14(2)18(22)15-6-8-16(9-7-15)24-11-10-20/h3-4,6-9,12,14,18,20,22-23H,5,10-11H2,1-2H3,(H,19,21)/b4-3+,13-12+/t14-,18+/m1/s1. The molecule has 0 saturated heterocycles. The minimum atomic E-state index is -0.619. The number of amides is 1. The van der Waals surface area contributed by atoms with Crippen LogP contribution in [0.1, 0.15) is 31.9 Å². The number of aliphatic hydroxyl groups is 2. The van der Waals surface area contributed by atoms with Gasteiger partial charge in [0, 0.05) is 6.08 Å². The Kier molecular flexibility index (Phi) is 8.78. The molecule has 0 aliphatic heterocycles. The Morgan fingerprint density at radius 3 is 2.58 bits per heavy atom. The Hall–Kier alpha value is -2.15. The van der Waals surface area contributed by atoms with Crippen LogP contribution in [0.25, 0.3) is 0 Å². The third-order valence-corrected chi connectivity index (χ3v) is 3.48. The molecular formula is C18H25NO5. The first-order chi connectivity index (χ1) is 11.5. The summed E-state index contributed by atoms with van der Waals surface area (Å²) in [6.07, 6.45) is 4.94. The maximum Gasteiger partial charge on any atom is 0.267 e. The van der Waals surface area contributed by atoms with Crippen molar-refractivity contribution in [1.29, 1.82) is 0 Å². The van der Waals surface area contributed by atoms with Gasteiger partial charge in [-0.2, -0.15) is 0 Å². The maximum absolute atomic E-state index is 11.0. The van der Waals surface area contributed by atoms with E-state index < -0.39 is 12.0 Å². The van der Waals surface area contributed by atoms with Crippen molar-refractivity contribution in [1.82, 2.24) is 5.48 Å². The first kappa shape index (κ1) is 19.9. The summed E-state index contributed by atoms with van der Waals surface area (Å²) in [6, 6.07) is 7.12. The molecule has 0 aliphatic carbocycles. The molecule has 0 unspecified atom stereocenters. The van der Waals surface area contributed by atoms with E-state index >= 15 is 0 Å². The molecule has 4 N–H and O–H groups in total. The molecule has 132 valence electrons. The Morgan fingerprint density at radius 1 is 1.33 bits per heavy atom. The molecule has 1 aromatic carbocycles. The van der Waals surface area contributed by atoms with Gasteiger partial charge in [0.25, 0.3) is 5.91 Å². The van der Waals surface area contributed by atoms with E-state index in [1.165, 1.54) is 11.6 Å². The predicted molar refractivity (Wildman–Crippen MR) is 90.6 cm³/mol. The number of benzene rings is 1. The number of hydroxylamine groups is 1. The molecule has 0 spiro atoms. The normalized spacial score (nSPS) is 14.5. The SMILES string of the molecule is CC(/C=C/C[C@@H](C)[C@H](O)c1ccc(OCCO)cc1)=C\C(=O)NO. The highest BCUT2D eigenvalue weighted by atomic mass is 16.5. The predicted octanol–water partition coefficient (Wildman–Crippen LogP) is 2.13. The van der Waals surface area contributed by atoms with Crippen LogP contribution in [0.3, 0.4) is 0 Å². The van der Waals surface area contributed by atoms with Crippen LogP contribution in [0.2, 0.25) is 0 Å². The first-order valence-corrected chi connectivity index (χ1v) is 7.78. The molecule has 0 aromatic heterocycles. The van der Waals surface area contributed by atoms with Gasteiger partial charge in [-0.3, -0.25) is 10.0 Å². The van der Waals surface area contributed by atoms with Crippen LogP contribution in [0.4, 0.5) is 0 Å². The topological polar surface area (TPSA) is 99.0 Å². The van der Waals surface area contributed by atoms with Gasteiger partial charge in [0.2, 0.25) is 0 Å². The molecule has 0 bridgehead atoms. The quantitative estimate of drug-likeness (QED) is 0.240. The summed E-state index contributed by atoms with van der Waals surface area (Å²) in [5.41, 5.74) is 3.03. The number of rotatable bonds is 9. The van der Waals surface area contributed by atoms with Gasteiger partial charge >= 0.3 is 0 Å². The number of hydrogen-bond donors (Lipinski definition) is 4. The number of nitrogens with one attached hydrogen (secondary N) is 1. The van der Waals surface area contributed by atoms with E-state index in [1.54, 1.807) is 37.3 Å². The summed E-state index contributed by atoms with van der Waals surface area (Å²) in [5, 5.41) is 27.5. The molecule has 1 rings (SSSR count). The number of carbonyl (C=O) groups excluding carboxylic acids is 1. The number of allylic oxidation sites excluding steroid dienone is 3. The third kappa shape index (κ3) is 6.95. The molecule has 1 aromatic rings. The lowest BCUT2D eigenvalue weighted by Gasteiger charge is -2.18. The highest BCUT2D eigenvalue weighted by Crippen LogP contribution is 2.26. The monoisotopic (exact) mass is 335 g/mol. The summed E-state index contributed by atoms with van der Waals surface area (Å²) in [4.78, 5) is 11.0. The zero-order chi connectivity index (χ0) is 17.9. The molecular weight excluding hydrogens is 310 g/mol. The Balaban J connectivity index is 2.56. The van der Waals surface area contributed by atoms with Crippen LogP contribution in [0.5, 0.6) is 5.75 Å². The molecule has 1 amide bonds. The number of carbonyl (C=O) groups is 1. The zero-order valence-corrected chi connectivity index (χ0v) is 14.0. The van der Waals surface area contributed by atoms with Crippen LogP contribution in [-0.2, 0) is 4.79 Å². The number of hydrogen-bond acceptors (Lipinski definition) is 5. The second kappa shape index (κ2) is 10.6. The molecule has 0 radical (unpaired) electrons. The lowest BCUT2D eigenvalue weighted by atomic mass is 9.94. The van der Waals surface area contributed by atoms with E-state index in [0.717, 1.165) is 5.56 Å². The van der Waals surface area contributed by atoms with Gasteiger partial charge in [-0.05, 0) is 42.5 Å². The molecule has 0 heterocycles. The number of aliphatic hydroxyl groups excluding tert-OH is 2. The van der Waals surface area contributed by atoms with Crippen molar-refractivity contribution >= 4 is 5.91 Å². The summed E-state index contributed by atoms with van der Waals surface area (Å²) in [7, 11) is 0. The van der Waals surface area contributed by atoms with Crippen LogP contribution >= 0.6 is 0 Å². The second-order valence-corrected chi connectivity index (χ2v) is 5.57. The minimum absolute atomic E-state index is 0.00933. The summed E-state index contributed by atoms with van der Waals surface area (Å²) in [6.45, 7) is 3.88. The average molecular weight is 335 g/mol. The molecule has 6 heteroatoms. The van der Waals surface area contributed by atoms with E-state index in [4.69, 9.17) is 15.1 Å². The average Bonchev–Trinajstić information content (AvgIpc) is 2.59. The molecule has 0 fully saturated rings. The van der Waals surface area contributed by atoms with E-state index in [2.05, 4.69) is 0 Å². The highest BCUT2D eigenvalue weighted by Gasteiger charge is 2.15. The van der Waals surface area contributed by atoms with E-state index in [-0.39, 0.29) is 19.1 Å². The van der Waals surface area contributed by atoms with Crippen molar-refractivity contribution in [3.8, 4) is 5.75 Å². The largest absolute Gasteiger partial charge is 0.491 e. The van der Waals surface area contributed by atoms with E-state index in [9.17, 15) is 9.90 Å². The molecule has 0 saturated carbocycles. The smallest absolute Gasteiger partial charge is 0.267 e. The van der Waals surface area contributed by atoms with Gasteiger partial charge in [-0.1, -0.05) is 31.2 Å². The van der Waals surface area contributed by atoms with Gasteiger partial charge in [0.05, 0.1) is 12.7 Å². The maximum atomic E-state index is 11.0. The fraction of sp³-hybridized carbons (Fsp3) is 0.389. The van der Waals surface area contributed by atoms with Crippen molar-refractivity contribution in [3.63, 3.8) is 0 Å². The van der Waals surface area contributed by atoms with Crippen molar-refractivity contribution in [3.05, 3.63) is 53.6 Å². The van der Waals surface area contributed by atoms with E-state index in [0.29, 0.717) is 17.7 Å². The Bertz CT molecular complexity index is 565. The van der Waals surface area contributed by atoms with Crippen LogP contribution < -0.4 is 10.2 Å². The van der Waals surface area contributed by atoms with Crippen LogP contribution in [0.15, 0.2) is 48.1 Å². The number of ether oxygens (including phenoxy) is 1. The lowest BCUT2D eigenvalue weighted by molar-refractivity contribution is -0.124. The second-order valence-electron chi connectivity index (χ2n) is 5.57. The fourth-order valence-corrected chi connectivity index (χ4v) is 2.14. The highest BCUT2D eigenvalue weighted by molar-refractivity contribution is 5.87. The van der Waals surface area contributed by atoms with Crippen LogP contribution in [0, 0.1) is 5.92 Å². The summed E-state index contributed by atoms with van der Waals surface area (Å²) < 4.78 is 5.28. The first-order valence-electron chi connectivity index (χ1n) is 7.78. The van der Waals surface area contributed by atoms with Crippen molar-refractivity contribution in [2.45, 2.75) is 26.4 Å². The molecule has 2 atom stereocenters. The van der Waals surface area contributed by atoms with Gasteiger partial charge in [0.1, 0.15) is 12.4 Å². The zero-order valence-electron chi connectivity index (χ0n) is 14.0. The molecule has 6 nitrogen and oxygen atoms in total. The van der Waals surface area contributed by atoms with Gasteiger partial charge in [-0.15, -0.1) is 0 Å². The van der Waals surface area contributed by atoms with Gasteiger partial charge in [-0.25, -0.2) is 5.48 Å².